The first-order valence-corrected chi connectivity index (χ1v) is 6.45. The van der Waals surface area contributed by atoms with Gasteiger partial charge in [0.05, 0.1) is 32.0 Å². The van der Waals surface area contributed by atoms with Gasteiger partial charge in [0.25, 0.3) is 0 Å². The maximum absolute atomic E-state index is 11.3. The fourth-order valence-electron chi connectivity index (χ4n) is 1.25. The molecule has 5 nitrogen and oxygen atoms in total. The molecule has 0 aromatic carbocycles. The summed E-state index contributed by atoms with van der Waals surface area (Å²) in [7, 11) is 1.64. The molecule has 0 radical (unpaired) electrons. The quantitative estimate of drug-likeness (QED) is 0.450. The van der Waals surface area contributed by atoms with E-state index >= 15 is 0 Å². The number of rotatable bonds is 10. The van der Waals surface area contributed by atoms with Crippen LogP contribution in [0, 0.1) is 0 Å². The molecule has 0 aliphatic heterocycles. The van der Waals surface area contributed by atoms with Gasteiger partial charge in [-0.1, -0.05) is 6.58 Å². The summed E-state index contributed by atoms with van der Waals surface area (Å²) in [5.74, 6) is -0.395. The van der Waals surface area contributed by atoms with Gasteiger partial charge in [0.2, 0.25) is 0 Å². The van der Waals surface area contributed by atoms with Crippen molar-refractivity contribution in [3.05, 3.63) is 12.2 Å². The van der Waals surface area contributed by atoms with E-state index in [4.69, 9.17) is 18.9 Å². The first-order valence-electron chi connectivity index (χ1n) is 6.45. The number of carbonyl (C=O) groups is 1. The summed E-state index contributed by atoms with van der Waals surface area (Å²) in [5.41, 5.74) is 0.386. The van der Waals surface area contributed by atoms with Crippen LogP contribution in [0.3, 0.4) is 0 Å². The monoisotopic (exact) mass is 274 g/mol. The second kappa shape index (κ2) is 9.95. The smallest absolute Gasteiger partial charge is 0.333 e. The van der Waals surface area contributed by atoms with Crippen molar-refractivity contribution in [2.45, 2.75) is 46.0 Å². The van der Waals surface area contributed by atoms with Crippen molar-refractivity contribution in [1.82, 2.24) is 0 Å². The maximum atomic E-state index is 11.3. The van der Waals surface area contributed by atoms with Crippen LogP contribution in [0.5, 0.6) is 0 Å². The van der Waals surface area contributed by atoms with Crippen LogP contribution in [0.15, 0.2) is 12.2 Å². The minimum absolute atomic E-state index is 0.0368. The van der Waals surface area contributed by atoms with Crippen molar-refractivity contribution in [1.29, 1.82) is 0 Å². The van der Waals surface area contributed by atoms with Crippen LogP contribution >= 0.6 is 0 Å². The highest BCUT2D eigenvalue weighted by atomic mass is 16.6. The summed E-state index contributed by atoms with van der Waals surface area (Å²) < 4.78 is 21.1. The summed E-state index contributed by atoms with van der Waals surface area (Å²) in [6.07, 6.45) is -0.331. The van der Waals surface area contributed by atoms with Gasteiger partial charge >= 0.3 is 5.97 Å². The predicted octanol–water partition coefficient (Wildman–Crippen LogP) is 1.95. The first-order chi connectivity index (χ1) is 8.86. The van der Waals surface area contributed by atoms with Gasteiger partial charge in [0, 0.05) is 12.7 Å². The van der Waals surface area contributed by atoms with Crippen molar-refractivity contribution in [3.8, 4) is 0 Å². The maximum Gasteiger partial charge on any atom is 0.333 e. The molecule has 5 heteroatoms. The number of ether oxygens (including phenoxy) is 4. The highest BCUT2D eigenvalue weighted by Gasteiger charge is 2.13. The van der Waals surface area contributed by atoms with Crippen molar-refractivity contribution >= 4 is 5.97 Å². The molecule has 0 rings (SSSR count). The molecule has 0 aromatic heterocycles. The number of hydrogen-bond acceptors (Lipinski definition) is 5. The molecule has 0 N–H and O–H groups in total. The van der Waals surface area contributed by atoms with Gasteiger partial charge in [-0.25, -0.2) is 4.79 Å². The van der Waals surface area contributed by atoms with Gasteiger partial charge in [-0.3, -0.25) is 0 Å². The SMILES string of the molecule is C=C(C)C(=O)OC(C)COC(C)COC(C)COC. The third-order valence-electron chi connectivity index (χ3n) is 2.29. The molecule has 3 unspecified atom stereocenters. The lowest BCUT2D eigenvalue weighted by Crippen LogP contribution is -2.27. The Hall–Kier alpha value is -0.910. The van der Waals surface area contributed by atoms with Crippen LogP contribution in [0.4, 0.5) is 0 Å². The third-order valence-corrected chi connectivity index (χ3v) is 2.29. The Morgan fingerprint density at radius 1 is 1.00 bits per heavy atom. The Balaban J connectivity index is 3.74. The van der Waals surface area contributed by atoms with E-state index in [1.165, 1.54) is 0 Å². The fourth-order valence-corrected chi connectivity index (χ4v) is 1.25. The summed E-state index contributed by atoms with van der Waals surface area (Å²) >= 11 is 0. The van der Waals surface area contributed by atoms with Gasteiger partial charge in [0.1, 0.15) is 6.10 Å². The molecule has 0 fully saturated rings. The highest BCUT2D eigenvalue weighted by molar-refractivity contribution is 5.87. The molecule has 0 saturated carbocycles. The molecule has 112 valence electrons. The van der Waals surface area contributed by atoms with Gasteiger partial charge in [-0.05, 0) is 27.7 Å². The molecule has 0 spiro atoms. The van der Waals surface area contributed by atoms with Gasteiger partial charge in [-0.15, -0.1) is 0 Å². The first kappa shape index (κ1) is 18.1. The van der Waals surface area contributed by atoms with Crippen molar-refractivity contribution < 1.29 is 23.7 Å². The van der Waals surface area contributed by atoms with Crippen LogP contribution in [-0.2, 0) is 23.7 Å². The van der Waals surface area contributed by atoms with E-state index in [9.17, 15) is 4.79 Å². The Morgan fingerprint density at radius 2 is 1.47 bits per heavy atom. The molecule has 0 aliphatic carbocycles. The minimum atomic E-state index is -0.395. The number of esters is 1. The van der Waals surface area contributed by atoms with E-state index in [-0.39, 0.29) is 18.3 Å². The Labute approximate surface area is 115 Å². The normalized spacial score (nSPS) is 15.6. The Bertz CT molecular complexity index is 277. The van der Waals surface area contributed by atoms with Crippen molar-refractivity contribution in [3.63, 3.8) is 0 Å². The molecule has 0 aromatic rings. The second-order valence-electron chi connectivity index (χ2n) is 4.74. The van der Waals surface area contributed by atoms with E-state index in [0.29, 0.717) is 25.4 Å². The van der Waals surface area contributed by atoms with Gasteiger partial charge in [-0.2, -0.15) is 0 Å². The average Bonchev–Trinajstić information content (AvgIpc) is 2.34. The lowest BCUT2D eigenvalue weighted by Gasteiger charge is -2.19. The zero-order chi connectivity index (χ0) is 14.8. The zero-order valence-corrected chi connectivity index (χ0v) is 12.6. The Morgan fingerprint density at radius 3 is 1.95 bits per heavy atom. The number of methoxy groups -OCH3 is 1. The second-order valence-corrected chi connectivity index (χ2v) is 4.74. The summed E-state index contributed by atoms with van der Waals surface area (Å²) in [5, 5.41) is 0. The van der Waals surface area contributed by atoms with Gasteiger partial charge < -0.3 is 18.9 Å². The lowest BCUT2D eigenvalue weighted by atomic mass is 10.3. The highest BCUT2D eigenvalue weighted by Crippen LogP contribution is 2.02. The van der Waals surface area contributed by atoms with Crippen LogP contribution in [0.25, 0.3) is 0 Å². The van der Waals surface area contributed by atoms with E-state index < -0.39 is 5.97 Å². The molecule has 0 amide bonds. The van der Waals surface area contributed by atoms with Crippen LogP contribution in [0.2, 0.25) is 0 Å². The fraction of sp³-hybridized carbons (Fsp3) is 0.786. The number of hydrogen-bond donors (Lipinski definition) is 0. The van der Waals surface area contributed by atoms with E-state index in [1.54, 1.807) is 21.0 Å². The largest absolute Gasteiger partial charge is 0.457 e. The predicted molar refractivity (Wildman–Crippen MR) is 73.1 cm³/mol. The third kappa shape index (κ3) is 9.64. The van der Waals surface area contributed by atoms with Gasteiger partial charge in [0.15, 0.2) is 0 Å². The standard InChI is InChI=1S/C14H26O5/c1-10(2)14(15)19-13(5)9-18-12(4)8-17-11(3)7-16-6/h11-13H,1,7-9H2,2-6H3. The van der Waals surface area contributed by atoms with Crippen molar-refractivity contribution in [2.75, 3.05) is 26.9 Å². The molecular formula is C14H26O5. The van der Waals surface area contributed by atoms with Crippen LogP contribution in [0.1, 0.15) is 27.7 Å². The van der Waals surface area contributed by atoms with E-state index in [2.05, 4.69) is 6.58 Å². The molecule has 0 aliphatic rings. The summed E-state index contributed by atoms with van der Waals surface area (Å²) in [6.45, 7) is 12.1. The Kier molecular flexibility index (Phi) is 9.47. The molecule has 3 atom stereocenters. The lowest BCUT2D eigenvalue weighted by molar-refractivity contribution is -0.148. The zero-order valence-electron chi connectivity index (χ0n) is 12.6. The van der Waals surface area contributed by atoms with E-state index in [0.717, 1.165) is 0 Å². The molecule has 0 heterocycles. The minimum Gasteiger partial charge on any atom is -0.457 e. The topological polar surface area (TPSA) is 54.0 Å². The summed E-state index contributed by atoms with van der Waals surface area (Å²) in [6, 6.07) is 0. The molecular weight excluding hydrogens is 248 g/mol. The molecule has 0 bridgehead atoms. The number of carbonyl (C=O) groups excluding carboxylic acids is 1. The van der Waals surface area contributed by atoms with E-state index in [1.807, 2.05) is 13.8 Å². The average molecular weight is 274 g/mol. The molecule has 0 saturated heterocycles. The molecule has 19 heavy (non-hydrogen) atoms. The van der Waals surface area contributed by atoms with Crippen LogP contribution < -0.4 is 0 Å². The van der Waals surface area contributed by atoms with Crippen molar-refractivity contribution in [2.24, 2.45) is 0 Å². The summed E-state index contributed by atoms with van der Waals surface area (Å²) in [4.78, 5) is 11.3. The van der Waals surface area contributed by atoms with Crippen LogP contribution in [-0.4, -0.2) is 51.2 Å².